The van der Waals surface area contributed by atoms with E-state index in [9.17, 15) is 26.7 Å². The summed E-state index contributed by atoms with van der Waals surface area (Å²) < 4.78 is 72.5. The number of cyclic esters (lactones) is 1. The molecule has 3 nitrogen and oxygen atoms in total. The smallest absolute Gasteiger partial charge is 0.423 e. The fourth-order valence-corrected chi connectivity index (χ4v) is 2.09. The molecule has 1 aromatic rings. The van der Waals surface area contributed by atoms with Crippen molar-refractivity contribution in [1.82, 2.24) is 0 Å². The van der Waals surface area contributed by atoms with Gasteiger partial charge in [0, 0.05) is 0 Å². The topological polar surface area (TPSA) is 38.3 Å². The third-order valence-electron chi connectivity index (χ3n) is 3.09. The molecule has 22 heavy (non-hydrogen) atoms. The van der Waals surface area contributed by atoms with Crippen LogP contribution in [0, 0.1) is 17.6 Å². The summed E-state index contributed by atoms with van der Waals surface area (Å²) in [5, 5.41) is 1.94. The van der Waals surface area contributed by atoms with Crippen LogP contribution in [0.3, 0.4) is 0 Å². The monoisotopic (exact) mass is 321 g/mol. The van der Waals surface area contributed by atoms with Crippen molar-refractivity contribution in [1.29, 1.82) is 0 Å². The molecular weight excluding hydrogens is 309 g/mol. The molecule has 1 aliphatic heterocycles. The van der Waals surface area contributed by atoms with Crippen LogP contribution in [0.1, 0.15) is 19.4 Å². The van der Waals surface area contributed by atoms with Crippen molar-refractivity contribution in [3.63, 3.8) is 0 Å². The van der Waals surface area contributed by atoms with Crippen molar-refractivity contribution < 1.29 is 31.5 Å². The van der Waals surface area contributed by atoms with E-state index in [0.717, 1.165) is 12.1 Å². The first-order valence-electron chi connectivity index (χ1n) is 6.33. The number of amides is 1. The van der Waals surface area contributed by atoms with E-state index in [1.165, 1.54) is 0 Å². The average molecular weight is 321 g/mol. The Labute approximate surface area is 122 Å². The molecule has 0 saturated carbocycles. The number of rotatable bonds is 2. The number of nitrogens with one attached hydrogen (secondary N) is 1. The lowest BCUT2D eigenvalue weighted by molar-refractivity contribution is -0.244. The lowest BCUT2D eigenvalue weighted by Gasteiger charge is -2.37. The number of fused-ring (bicyclic) bond motifs is 1. The number of allylic oxidation sites excluding steroid dienone is 1. The Morgan fingerprint density at radius 1 is 1.27 bits per heavy atom. The first-order chi connectivity index (χ1) is 10.1. The van der Waals surface area contributed by atoms with Gasteiger partial charge < -0.3 is 4.74 Å². The number of hydrogen-bond donors (Lipinski definition) is 1. The maximum absolute atomic E-state index is 14.0. The van der Waals surface area contributed by atoms with Gasteiger partial charge in [-0.1, -0.05) is 19.9 Å². The number of anilines is 1. The van der Waals surface area contributed by atoms with Crippen molar-refractivity contribution in [2.45, 2.75) is 25.6 Å². The summed E-state index contributed by atoms with van der Waals surface area (Å²) in [6.45, 7) is 3.18. The zero-order chi connectivity index (χ0) is 16.7. The summed E-state index contributed by atoms with van der Waals surface area (Å²) >= 11 is 0. The highest BCUT2D eigenvalue weighted by Crippen LogP contribution is 2.49. The third-order valence-corrected chi connectivity index (χ3v) is 3.09. The minimum atomic E-state index is -5.17. The largest absolute Gasteiger partial charge is 0.436 e. The van der Waals surface area contributed by atoms with Crippen LogP contribution in [-0.2, 0) is 10.3 Å². The molecule has 120 valence electrons. The van der Waals surface area contributed by atoms with Gasteiger partial charge in [-0.05, 0) is 24.1 Å². The van der Waals surface area contributed by atoms with Crippen molar-refractivity contribution in [2.75, 3.05) is 5.32 Å². The van der Waals surface area contributed by atoms with Crippen molar-refractivity contribution in [3.8, 4) is 0 Å². The third kappa shape index (κ3) is 2.53. The minimum Gasteiger partial charge on any atom is -0.423 e. The number of ether oxygens (including phenoxy) is 1. The Bertz CT molecular complexity index is 639. The van der Waals surface area contributed by atoms with Crippen LogP contribution in [-0.4, -0.2) is 12.3 Å². The summed E-state index contributed by atoms with van der Waals surface area (Å²) in [5.74, 6) is -3.51. The highest BCUT2D eigenvalue weighted by Gasteiger charge is 2.62. The van der Waals surface area contributed by atoms with E-state index in [1.54, 1.807) is 13.8 Å². The fraction of sp³-hybridized carbons (Fsp3) is 0.357. The quantitative estimate of drug-likeness (QED) is 0.643. The van der Waals surface area contributed by atoms with Crippen LogP contribution < -0.4 is 5.32 Å². The van der Waals surface area contributed by atoms with E-state index in [2.05, 4.69) is 4.74 Å². The van der Waals surface area contributed by atoms with E-state index in [-0.39, 0.29) is 5.92 Å². The molecule has 8 heteroatoms. The van der Waals surface area contributed by atoms with Crippen LogP contribution in [0.25, 0.3) is 0 Å². The Morgan fingerprint density at radius 3 is 2.45 bits per heavy atom. The molecular formula is C14H12F5NO2. The van der Waals surface area contributed by atoms with E-state index >= 15 is 0 Å². The highest BCUT2D eigenvalue weighted by molar-refractivity contribution is 5.89. The molecule has 0 spiro atoms. The molecule has 0 saturated heterocycles. The second-order valence-electron chi connectivity index (χ2n) is 5.13. The lowest BCUT2D eigenvalue weighted by atomic mass is 9.88. The molecule has 1 N–H and O–H groups in total. The summed E-state index contributed by atoms with van der Waals surface area (Å²) in [6.07, 6.45) is -4.92. The van der Waals surface area contributed by atoms with Gasteiger partial charge in [-0.15, -0.1) is 0 Å². The van der Waals surface area contributed by atoms with Gasteiger partial charge in [0.15, 0.2) is 11.6 Å². The molecule has 1 heterocycles. The van der Waals surface area contributed by atoms with Gasteiger partial charge in [0.05, 0.1) is 11.3 Å². The number of halogens is 5. The fourth-order valence-electron chi connectivity index (χ4n) is 2.09. The number of alkyl halides is 3. The number of hydrogen-bond acceptors (Lipinski definition) is 2. The Balaban J connectivity index is 2.80. The Kier molecular flexibility index (Phi) is 3.88. The molecule has 1 amide bonds. The Morgan fingerprint density at radius 2 is 1.91 bits per heavy atom. The van der Waals surface area contributed by atoms with Crippen molar-refractivity contribution in [2.24, 2.45) is 5.92 Å². The normalized spacial score (nSPS) is 21.7. The Hall–Kier alpha value is -2.12. The minimum absolute atomic E-state index is 0.326. The molecule has 1 atom stereocenters. The second kappa shape index (κ2) is 5.26. The summed E-state index contributed by atoms with van der Waals surface area (Å²) in [4.78, 5) is 11.4. The van der Waals surface area contributed by atoms with Gasteiger partial charge in [0.2, 0.25) is 0 Å². The molecule has 0 radical (unpaired) electrons. The van der Waals surface area contributed by atoms with Gasteiger partial charge in [-0.25, -0.2) is 13.6 Å². The molecule has 1 unspecified atom stereocenters. The molecule has 0 bridgehead atoms. The molecule has 2 rings (SSSR count). The van der Waals surface area contributed by atoms with E-state index in [0.29, 0.717) is 12.1 Å². The maximum atomic E-state index is 14.0. The van der Waals surface area contributed by atoms with Crippen molar-refractivity contribution >= 4 is 11.8 Å². The first-order valence-corrected chi connectivity index (χ1v) is 6.33. The van der Waals surface area contributed by atoms with Gasteiger partial charge in [-0.3, -0.25) is 5.32 Å². The zero-order valence-electron chi connectivity index (χ0n) is 11.6. The molecule has 1 aliphatic rings. The van der Waals surface area contributed by atoms with Gasteiger partial charge in [0.1, 0.15) is 0 Å². The second-order valence-corrected chi connectivity index (χ2v) is 5.13. The zero-order valence-corrected chi connectivity index (χ0v) is 11.6. The van der Waals surface area contributed by atoms with E-state index in [1.807, 2.05) is 5.32 Å². The van der Waals surface area contributed by atoms with E-state index in [4.69, 9.17) is 0 Å². The van der Waals surface area contributed by atoms with Crippen LogP contribution in [0.2, 0.25) is 0 Å². The van der Waals surface area contributed by atoms with E-state index < -0.39 is 40.8 Å². The summed E-state index contributed by atoms with van der Waals surface area (Å²) in [5.41, 5.74) is -4.96. The predicted octanol–water partition coefficient (Wildman–Crippen LogP) is 4.50. The maximum Gasteiger partial charge on any atom is 0.436 e. The van der Waals surface area contributed by atoms with Gasteiger partial charge in [-0.2, -0.15) is 13.2 Å². The van der Waals surface area contributed by atoms with Crippen LogP contribution in [0.4, 0.5) is 32.4 Å². The SMILES string of the molecule is CC(C)C=CC1(C(F)(F)F)OC(=O)Nc2ccc(F)c(F)c21. The van der Waals surface area contributed by atoms with Crippen LogP contribution in [0.5, 0.6) is 0 Å². The molecule has 0 fully saturated rings. The number of benzene rings is 1. The van der Waals surface area contributed by atoms with Crippen LogP contribution in [0.15, 0.2) is 24.3 Å². The van der Waals surface area contributed by atoms with Crippen LogP contribution >= 0.6 is 0 Å². The summed E-state index contributed by atoms with van der Waals surface area (Å²) in [6, 6.07) is 1.49. The standard InChI is InChI=1S/C14H12F5NO2/c1-7(2)5-6-13(14(17,18)19)10-9(20-12(21)22-13)4-3-8(15)11(10)16/h3-7H,1-2H3,(H,20,21). The summed E-state index contributed by atoms with van der Waals surface area (Å²) in [7, 11) is 0. The predicted molar refractivity (Wildman–Crippen MR) is 68.2 cm³/mol. The van der Waals surface area contributed by atoms with Crippen molar-refractivity contribution in [3.05, 3.63) is 41.5 Å². The van der Waals surface area contributed by atoms with Gasteiger partial charge >= 0.3 is 12.3 Å². The average Bonchev–Trinajstić information content (AvgIpc) is 2.38. The lowest BCUT2D eigenvalue weighted by Crippen LogP contribution is -2.49. The molecule has 1 aromatic carbocycles. The number of carbonyl (C=O) groups excluding carboxylic acids is 1. The first kappa shape index (κ1) is 16.3. The molecule has 0 aromatic heterocycles. The number of carbonyl (C=O) groups is 1. The highest BCUT2D eigenvalue weighted by atomic mass is 19.4. The van der Waals surface area contributed by atoms with Gasteiger partial charge in [0.25, 0.3) is 5.60 Å². The molecule has 0 aliphatic carbocycles.